The van der Waals surface area contributed by atoms with E-state index in [1.807, 2.05) is 0 Å². The van der Waals surface area contributed by atoms with Gasteiger partial charge in [0.1, 0.15) is 9.71 Å². The second-order valence-electron chi connectivity index (χ2n) is 7.86. The van der Waals surface area contributed by atoms with Crippen LogP contribution in [0.5, 0.6) is 0 Å². The summed E-state index contributed by atoms with van der Waals surface area (Å²) in [6, 6.07) is 15.5. The predicted molar refractivity (Wildman–Crippen MR) is 126 cm³/mol. The first-order valence-corrected chi connectivity index (χ1v) is 11.3. The van der Waals surface area contributed by atoms with Gasteiger partial charge in [-0.25, -0.2) is 4.98 Å². The first-order valence-electron chi connectivity index (χ1n) is 10.1. The molecule has 4 aromatic rings. The van der Waals surface area contributed by atoms with Crippen LogP contribution in [0.2, 0.25) is 5.02 Å². The molecule has 5 heteroatoms. The lowest BCUT2D eigenvalue weighted by Gasteiger charge is -2.20. The van der Waals surface area contributed by atoms with Gasteiger partial charge in [-0.3, -0.25) is 4.79 Å². The zero-order valence-corrected chi connectivity index (χ0v) is 18.2. The van der Waals surface area contributed by atoms with Gasteiger partial charge in [-0.15, -0.1) is 11.3 Å². The van der Waals surface area contributed by atoms with Crippen LogP contribution in [0.15, 0.2) is 48.5 Å². The summed E-state index contributed by atoms with van der Waals surface area (Å²) in [6.45, 7) is 2.09. The van der Waals surface area contributed by atoms with Gasteiger partial charge in [0.05, 0.1) is 11.4 Å². The van der Waals surface area contributed by atoms with Gasteiger partial charge in [0, 0.05) is 21.5 Å². The van der Waals surface area contributed by atoms with Gasteiger partial charge in [-0.2, -0.15) is 0 Å². The number of thiophene rings is 1. The van der Waals surface area contributed by atoms with E-state index in [0.717, 1.165) is 47.2 Å². The van der Waals surface area contributed by atoms with Crippen molar-refractivity contribution in [2.45, 2.75) is 32.6 Å². The van der Waals surface area contributed by atoms with Gasteiger partial charge < -0.3 is 5.73 Å². The molecule has 0 bridgehead atoms. The summed E-state index contributed by atoms with van der Waals surface area (Å²) in [5, 5.41) is 1.51. The summed E-state index contributed by atoms with van der Waals surface area (Å²) >= 11 is 7.49. The van der Waals surface area contributed by atoms with Crippen LogP contribution in [0.1, 0.15) is 44.8 Å². The minimum absolute atomic E-state index is 0.0977. The zero-order chi connectivity index (χ0) is 20.8. The number of fused-ring (bicyclic) bond motifs is 3. The molecular formula is C25H21ClN2OS. The number of anilines is 1. The summed E-state index contributed by atoms with van der Waals surface area (Å²) in [6.07, 6.45) is 4.25. The maximum atomic E-state index is 13.2. The van der Waals surface area contributed by atoms with Crippen LogP contribution in [-0.4, -0.2) is 10.8 Å². The molecule has 0 amide bonds. The highest BCUT2D eigenvalue weighted by Gasteiger charge is 2.26. The topological polar surface area (TPSA) is 56.0 Å². The number of hydrogen-bond acceptors (Lipinski definition) is 4. The molecule has 0 aliphatic heterocycles. The number of nitrogen functional groups attached to an aromatic ring is 1. The van der Waals surface area contributed by atoms with Gasteiger partial charge in [0.15, 0.2) is 0 Å². The largest absolute Gasteiger partial charge is 0.397 e. The fraction of sp³-hybridized carbons (Fsp3) is 0.200. The molecule has 1 aliphatic rings. The van der Waals surface area contributed by atoms with Gasteiger partial charge in [-0.1, -0.05) is 53.6 Å². The molecule has 2 heterocycles. The van der Waals surface area contributed by atoms with Gasteiger partial charge in [0.25, 0.3) is 0 Å². The molecule has 30 heavy (non-hydrogen) atoms. The monoisotopic (exact) mass is 432 g/mol. The number of nitrogens with zero attached hydrogens (tertiary/aromatic N) is 1. The minimum atomic E-state index is -0.0977. The van der Waals surface area contributed by atoms with Gasteiger partial charge in [-0.05, 0) is 55.9 Å². The molecular weight excluding hydrogens is 412 g/mol. The van der Waals surface area contributed by atoms with Crippen molar-refractivity contribution in [1.29, 1.82) is 0 Å². The second-order valence-corrected chi connectivity index (χ2v) is 9.29. The number of aryl methyl sites for hydroxylation is 2. The third-order valence-corrected chi connectivity index (χ3v) is 7.15. The molecule has 0 saturated carbocycles. The average Bonchev–Trinajstić information content (AvgIpc) is 3.10. The highest BCUT2D eigenvalue weighted by atomic mass is 35.5. The smallest absolute Gasteiger partial charge is 0.205 e. The Morgan fingerprint density at radius 2 is 1.80 bits per heavy atom. The van der Waals surface area contributed by atoms with Crippen LogP contribution in [0.25, 0.3) is 21.5 Å². The summed E-state index contributed by atoms with van der Waals surface area (Å²) in [7, 11) is 0. The number of carbonyl (C=O) groups is 1. The van der Waals surface area contributed by atoms with Crippen molar-refractivity contribution >= 4 is 44.6 Å². The Bertz CT molecular complexity index is 1290. The SMILES string of the molecule is Cc1ccc(-c2nc3sc(C(=O)c4cccc(Cl)c4)c(N)c3c3c2CCCC3)cc1. The van der Waals surface area contributed by atoms with Crippen molar-refractivity contribution in [2.24, 2.45) is 0 Å². The number of carbonyl (C=O) groups excluding carboxylic acids is 1. The van der Waals surface area contributed by atoms with Gasteiger partial charge in [0.2, 0.25) is 5.78 Å². The molecule has 0 radical (unpaired) electrons. The Kier molecular flexibility index (Phi) is 4.84. The molecule has 2 aromatic carbocycles. The quantitative estimate of drug-likeness (QED) is 0.370. The van der Waals surface area contributed by atoms with Crippen molar-refractivity contribution in [3.8, 4) is 11.3 Å². The number of pyridine rings is 1. The van der Waals surface area contributed by atoms with Crippen LogP contribution < -0.4 is 5.73 Å². The van der Waals surface area contributed by atoms with Crippen molar-refractivity contribution in [3.63, 3.8) is 0 Å². The number of nitrogens with two attached hydrogens (primary N) is 1. The van der Waals surface area contributed by atoms with E-state index < -0.39 is 0 Å². The maximum absolute atomic E-state index is 13.2. The van der Waals surface area contributed by atoms with E-state index in [1.165, 1.54) is 28.0 Å². The van der Waals surface area contributed by atoms with Crippen molar-refractivity contribution in [1.82, 2.24) is 4.98 Å². The standard InChI is InChI=1S/C25H21ClN2OS/c1-14-9-11-15(12-10-14)22-19-8-3-2-7-18(19)20-21(27)24(30-25(20)28-22)23(29)16-5-4-6-17(26)13-16/h4-6,9-13H,2-3,7-8,27H2,1H3. The fourth-order valence-corrected chi connectivity index (χ4v) is 5.57. The van der Waals surface area contributed by atoms with Crippen molar-refractivity contribution < 1.29 is 4.79 Å². The molecule has 5 rings (SSSR count). The average molecular weight is 433 g/mol. The Labute approximate surface area is 184 Å². The van der Waals surface area contributed by atoms with Crippen LogP contribution in [0, 0.1) is 6.92 Å². The second kappa shape index (κ2) is 7.53. The summed E-state index contributed by atoms with van der Waals surface area (Å²) < 4.78 is 0. The molecule has 0 unspecified atom stereocenters. The van der Waals surface area contributed by atoms with Crippen LogP contribution >= 0.6 is 22.9 Å². The number of hydrogen-bond donors (Lipinski definition) is 1. The lowest BCUT2D eigenvalue weighted by atomic mass is 9.86. The van der Waals surface area contributed by atoms with Crippen molar-refractivity contribution in [3.05, 3.63) is 80.7 Å². The number of ketones is 1. The Balaban J connectivity index is 1.72. The summed E-state index contributed by atoms with van der Waals surface area (Å²) in [5.41, 5.74) is 13.6. The van der Waals surface area contributed by atoms with E-state index in [4.69, 9.17) is 22.3 Å². The number of rotatable bonds is 3. The first kappa shape index (κ1) is 19.3. The maximum Gasteiger partial charge on any atom is 0.205 e. The molecule has 3 nitrogen and oxygen atoms in total. The number of benzene rings is 2. The fourth-order valence-electron chi connectivity index (χ4n) is 4.29. The lowest BCUT2D eigenvalue weighted by Crippen LogP contribution is -2.08. The number of halogens is 1. The Hall–Kier alpha value is -2.69. The van der Waals surface area contributed by atoms with Crippen LogP contribution in [-0.2, 0) is 12.8 Å². The molecule has 0 fully saturated rings. The van der Waals surface area contributed by atoms with Crippen LogP contribution in [0.4, 0.5) is 5.69 Å². The van der Waals surface area contributed by atoms with E-state index in [0.29, 0.717) is 21.2 Å². The summed E-state index contributed by atoms with van der Waals surface area (Å²) in [4.78, 5) is 19.6. The lowest BCUT2D eigenvalue weighted by molar-refractivity contribution is 0.104. The van der Waals surface area contributed by atoms with E-state index in [1.54, 1.807) is 24.3 Å². The van der Waals surface area contributed by atoms with Crippen molar-refractivity contribution in [2.75, 3.05) is 5.73 Å². The van der Waals surface area contributed by atoms with E-state index in [9.17, 15) is 4.79 Å². The first-order chi connectivity index (χ1) is 14.5. The zero-order valence-electron chi connectivity index (χ0n) is 16.7. The van der Waals surface area contributed by atoms with E-state index in [2.05, 4.69) is 31.2 Å². The molecule has 0 atom stereocenters. The molecule has 2 N–H and O–H groups in total. The van der Waals surface area contributed by atoms with Crippen LogP contribution in [0.3, 0.4) is 0 Å². The number of aromatic nitrogens is 1. The summed E-state index contributed by atoms with van der Waals surface area (Å²) in [5.74, 6) is -0.0977. The normalized spacial score (nSPS) is 13.4. The predicted octanol–water partition coefficient (Wildman–Crippen LogP) is 6.62. The molecule has 150 valence electrons. The third-order valence-electron chi connectivity index (χ3n) is 5.81. The minimum Gasteiger partial charge on any atom is -0.397 e. The van der Waals surface area contributed by atoms with E-state index >= 15 is 0 Å². The Morgan fingerprint density at radius 1 is 1.07 bits per heavy atom. The van der Waals surface area contributed by atoms with Gasteiger partial charge >= 0.3 is 0 Å². The van der Waals surface area contributed by atoms with E-state index in [-0.39, 0.29) is 5.78 Å². The molecule has 1 aliphatic carbocycles. The molecule has 2 aromatic heterocycles. The molecule has 0 saturated heterocycles. The third kappa shape index (κ3) is 3.21. The molecule has 0 spiro atoms. The highest BCUT2D eigenvalue weighted by molar-refractivity contribution is 7.21. The highest BCUT2D eigenvalue weighted by Crippen LogP contribution is 2.42. The Morgan fingerprint density at radius 3 is 2.53 bits per heavy atom.